The zero-order valence-corrected chi connectivity index (χ0v) is 11.9. The molecule has 0 saturated carbocycles. The van der Waals surface area contributed by atoms with Crippen LogP contribution in [-0.4, -0.2) is 28.0 Å². The standard InChI is InChI=1S/C14H11FN2O3S/c1-20-7-11-10-6-12(14(18)19)21-13(10)17(16-11)9-4-2-8(15)3-5-9/h2-6H,7H2,1H3,(H,18,19). The van der Waals surface area contributed by atoms with E-state index in [-0.39, 0.29) is 17.3 Å². The summed E-state index contributed by atoms with van der Waals surface area (Å²) < 4.78 is 19.7. The summed E-state index contributed by atoms with van der Waals surface area (Å²) in [5, 5.41) is 14.3. The maximum atomic E-state index is 13.0. The van der Waals surface area contributed by atoms with Gasteiger partial charge in [-0.15, -0.1) is 11.3 Å². The summed E-state index contributed by atoms with van der Waals surface area (Å²) in [7, 11) is 1.55. The molecule has 3 aromatic rings. The van der Waals surface area contributed by atoms with Gasteiger partial charge in [0, 0.05) is 12.5 Å². The molecule has 21 heavy (non-hydrogen) atoms. The number of ether oxygens (including phenoxy) is 1. The minimum atomic E-state index is -0.981. The molecule has 2 aromatic heterocycles. The Balaban J connectivity index is 2.21. The Morgan fingerprint density at radius 2 is 2.14 bits per heavy atom. The van der Waals surface area contributed by atoms with Crippen molar-refractivity contribution < 1.29 is 19.0 Å². The average molecular weight is 306 g/mol. The van der Waals surface area contributed by atoms with E-state index in [4.69, 9.17) is 9.84 Å². The normalized spacial score (nSPS) is 11.1. The van der Waals surface area contributed by atoms with Crippen LogP contribution in [0.1, 0.15) is 15.4 Å². The minimum Gasteiger partial charge on any atom is -0.477 e. The lowest BCUT2D eigenvalue weighted by molar-refractivity contribution is 0.0702. The fourth-order valence-corrected chi connectivity index (χ4v) is 3.06. The summed E-state index contributed by atoms with van der Waals surface area (Å²) in [6, 6.07) is 7.45. The molecule has 0 fully saturated rings. The molecule has 5 nitrogen and oxygen atoms in total. The Kier molecular flexibility index (Phi) is 3.44. The number of methoxy groups -OCH3 is 1. The van der Waals surface area contributed by atoms with Crippen LogP contribution >= 0.6 is 11.3 Å². The van der Waals surface area contributed by atoms with Gasteiger partial charge in [-0.2, -0.15) is 5.10 Å². The van der Waals surface area contributed by atoms with E-state index in [9.17, 15) is 9.18 Å². The number of hydrogen-bond donors (Lipinski definition) is 1. The van der Waals surface area contributed by atoms with E-state index < -0.39 is 5.97 Å². The molecule has 0 aliphatic carbocycles. The molecule has 0 amide bonds. The lowest BCUT2D eigenvalue weighted by Gasteiger charge is -2.01. The van der Waals surface area contributed by atoms with Gasteiger partial charge in [0.25, 0.3) is 0 Å². The molecule has 0 aliphatic heterocycles. The first kappa shape index (κ1) is 13.7. The van der Waals surface area contributed by atoms with Crippen molar-refractivity contribution in [3.63, 3.8) is 0 Å². The van der Waals surface area contributed by atoms with Crippen LogP contribution in [0.3, 0.4) is 0 Å². The van der Waals surface area contributed by atoms with Crippen molar-refractivity contribution in [2.75, 3.05) is 7.11 Å². The van der Waals surface area contributed by atoms with Gasteiger partial charge < -0.3 is 9.84 Å². The second-order valence-corrected chi connectivity index (χ2v) is 5.43. The third-order valence-corrected chi connectivity index (χ3v) is 4.10. The predicted octanol–water partition coefficient (Wildman–Crippen LogP) is 3.07. The van der Waals surface area contributed by atoms with Crippen molar-refractivity contribution in [3.05, 3.63) is 46.7 Å². The number of carbonyl (C=O) groups is 1. The van der Waals surface area contributed by atoms with Gasteiger partial charge in [-0.3, -0.25) is 0 Å². The second kappa shape index (κ2) is 5.27. The number of halogens is 1. The monoisotopic (exact) mass is 306 g/mol. The van der Waals surface area contributed by atoms with E-state index >= 15 is 0 Å². The van der Waals surface area contributed by atoms with E-state index in [0.29, 0.717) is 16.2 Å². The van der Waals surface area contributed by atoms with Crippen molar-refractivity contribution in [2.45, 2.75) is 6.61 Å². The van der Waals surface area contributed by atoms with Crippen molar-refractivity contribution in [1.82, 2.24) is 9.78 Å². The number of benzene rings is 1. The van der Waals surface area contributed by atoms with Crippen LogP contribution in [0.5, 0.6) is 0 Å². The van der Waals surface area contributed by atoms with E-state index in [1.807, 2.05) is 0 Å². The van der Waals surface area contributed by atoms with Crippen molar-refractivity contribution >= 4 is 27.5 Å². The minimum absolute atomic E-state index is 0.232. The molecular weight excluding hydrogens is 295 g/mol. The summed E-state index contributed by atoms with van der Waals surface area (Å²) in [5.74, 6) is -1.32. The molecule has 1 aromatic carbocycles. The van der Waals surface area contributed by atoms with E-state index in [1.165, 1.54) is 12.1 Å². The summed E-state index contributed by atoms with van der Waals surface area (Å²) >= 11 is 1.13. The number of aromatic nitrogens is 2. The maximum absolute atomic E-state index is 13.0. The van der Waals surface area contributed by atoms with Crippen LogP contribution in [0.25, 0.3) is 15.9 Å². The lowest BCUT2D eigenvalue weighted by Crippen LogP contribution is -1.98. The fourth-order valence-electron chi connectivity index (χ4n) is 2.07. The van der Waals surface area contributed by atoms with Gasteiger partial charge in [0.2, 0.25) is 0 Å². The average Bonchev–Trinajstić information content (AvgIpc) is 3.01. The third-order valence-electron chi connectivity index (χ3n) is 3.00. The first-order valence-electron chi connectivity index (χ1n) is 6.09. The summed E-state index contributed by atoms with van der Waals surface area (Å²) in [6.07, 6.45) is 0. The van der Waals surface area contributed by atoms with Crippen molar-refractivity contribution in [2.24, 2.45) is 0 Å². The molecule has 0 saturated heterocycles. The van der Waals surface area contributed by atoms with Gasteiger partial charge in [-0.1, -0.05) is 0 Å². The van der Waals surface area contributed by atoms with Gasteiger partial charge >= 0.3 is 5.97 Å². The van der Waals surface area contributed by atoms with Crippen molar-refractivity contribution in [3.8, 4) is 5.69 Å². The van der Waals surface area contributed by atoms with Crippen LogP contribution < -0.4 is 0 Å². The van der Waals surface area contributed by atoms with E-state index in [1.54, 1.807) is 30.0 Å². The Morgan fingerprint density at radius 3 is 2.76 bits per heavy atom. The summed E-state index contributed by atoms with van der Waals surface area (Å²) in [5.41, 5.74) is 1.32. The van der Waals surface area contributed by atoms with Gasteiger partial charge in [0.15, 0.2) is 0 Å². The fraction of sp³-hybridized carbons (Fsp3) is 0.143. The molecule has 0 unspecified atom stereocenters. The first-order chi connectivity index (χ1) is 10.1. The van der Waals surface area contributed by atoms with Gasteiger partial charge in [-0.05, 0) is 30.3 Å². The Morgan fingerprint density at radius 1 is 1.43 bits per heavy atom. The number of carboxylic acid groups (broad SMARTS) is 1. The number of rotatable bonds is 4. The summed E-state index contributed by atoms with van der Waals surface area (Å²) in [6.45, 7) is 0.278. The maximum Gasteiger partial charge on any atom is 0.345 e. The molecular formula is C14H11FN2O3S. The molecule has 0 aliphatic rings. The Bertz CT molecular complexity index is 808. The highest BCUT2D eigenvalue weighted by molar-refractivity contribution is 7.20. The van der Waals surface area contributed by atoms with Crippen LogP contribution in [0.2, 0.25) is 0 Å². The smallest absolute Gasteiger partial charge is 0.345 e. The highest BCUT2D eigenvalue weighted by Crippen LogP contribution is 2.31. The molecule has 108 valence electrons. The number of aromatic carboxylic acids is 1. The van der Waals surface area contributed by atoms with Gasteiger partial charge in [-0.25, -0.2) is 13.9 Å². The topological polar surface area (TPSA) is 64.4 Å². The SMILES string of the molecule is COCc1nn(-c2ccc(F)cc2)c2sc(C(=O)O)cc12. The molecule has 0 atom stereocenters. The number of fused-ring (bicyclic) bond motifs is 1. The third kappa shape index (κ3) is 2.41. The van der Waals surface area contributed by atoms with Gasteiger partial charge in [0.05, 0.1) is 18.0 Å². The predicted molar refractivity (Wildman–Crippen MR) is 76.6 cm³/mol. The number of nitrogens with zero attached hydrogens (tertiary/aromatic N) is 2. The molecule has 0 radical (unpaired) electrons. The lowest BCUT2D eigenvalue weighted by atomic mass is 10.3. The highest BCUT2D eigenvalue weighted by Gasteiger charge is 2.18. The van der Waals surface area contributed by atoms with Crippen LogP contribution in [0.15, 0.2) is 30.3 Å². The van der Waals surface area contributed by atoms with Crippen LogP contribution in [0.4, 0.5) is 4.39 Å². The molecule has 1 N–H and O–H groups in total. The van der Waals surface area contributed by atoms with E-state index in [0.717, 1.165) is 16.7 Å². The number of hydrogen-bond acceptors (Lipinski definition) is 4. The zero-order valence-electron chi connectivity index (χ0n) is 11.0. The van der Waals surface area contributed by atoms with Gasteiger partial charge in [0.1, 0.15) is 15.5 Å². The Hall–Kier alpha value is -2.25. The highest BCUT2D eigenvalue weighted by atomic mass is 32.1. The quantitative estimate of drug-likeness (QED) is 0.804. The molecule has 7 heteroatoms. The molecule has 0 bridgehead atoms. The second-order valence-electron chi connectivity index (χ2n) is 4.40. The molecule has 3 rings (SSSR count). The van der Waals surface area contributed by atoms with E-state index in [2.05, 4.69) is 5.10 Å². The first-order valence-corrected chi connectivity index (χ1v) is 6.91. The molecule has 0 spiro atoms. The van der Waals surface area contributed by atoms with Crippen LogP contribution in [-0.2, 0) is 11.3 Å². The number of thiophene rings is 1. The largest absolute Gasteiger partial charge is 0.477 e. The Labute approximate surface area is 123 Å². The summed E-state index contributed by atoms with van der Waals surface area (Å²) in [4.78, 5) is 12.1. The molecule has 2 heterocycles. The zero-order chi connectivity index (χ0) is 15.0. The van der Waals surface area contributed by atoms with Crippen LogP contribution in [0, 0.1) is 5.82 Å². The number of carboxylic acids is 1. The van der Waals surface area contributed by atoms with Crippen molar-refractivity contribution in [1.29, 1.82) is 0 Å².